The van der Waals surface area contributed by atoms with Crippen LogP contribution >= 0.6 is 11.6 Å². The van der Waals surface area contributed by atoms with Crippen LogP contribution in [-0.4, -0.2) is 16.5 Å². The van der Waals surface area contributed by atoms with Crippen LogP contribution in [0.2, 0.25) is 5.02 Å². The molecular formula is C15H13ClN2O. The molecule has 0 atom stereocenters. The van der Waals surface area contributed by atoms with Gasteiger partial charge in [0.2, 0.25) is 0 Å². The SMILES string of the molecule is COc1ccccc1Cc1ncc2c(Cl)cccn12. The third-order valence-electron chi connectivity index (χ3n) is 3.14. The van der Waals surface area contributed by atoms with Crippen molar-refractivity contribution in [2.75, 3.05) is 7.11 Å². The number of methoxy groups -OCH3 is 1. The van der Waals surface area contributed by atoms with E-state index in [-0.39, 0.29) is 0 Å². The molecule has 4 heteroatoms. The minimum absolute atomic E-state index is 0.707. The molecule has 3 rings (SSSR count). The predicted molar refractivity (Wildman–Crippen MR) is 76.0 cm³/mol. The van der Waals surface area contributed by atoms with Gasteiger partial charge in [0.25, 0.3) is 0 Å². The number of para-hydroxylation sites is 1. The molecule has 0 aliphatic carbocycles. The van der Waals surface area contributed by atoms with Crippen molar-refractivity contribution in [2.45, 2.75) is 6.42 Å². The Morgan fingerprint density at radius 2 is 2.05 bits per heavy atom. The number of rotatable bonds is 3. The molecule has 0 bridgehead atoms. The predicted octanol–water partition coefficient (Wildman–Crippen LogP) is 3.59. The van der Waals surface area contributed by atoms with Gasteiger partial charge in [-0.05, 0) is 18.2 Å². The van der Waals surface area contributed by atoms with Crippen LogP contribution in [0.3, 0.4) is 0 Å². The topological polar surface area (TPSA) is 26.5 Å². The molecule has 3 nitrogen and oxygen atoms in total. The molecule has 0 aliphatic rings. The standard InChI is InChI=1S/C15H13ClN2O/c1-19-14-7-3-2-5-11(14)9-15-17-10-13-12(16)6-4-8-18(13)15/h2-8,10H,9H2,1H3. The molecule has 0 saturated heterocycles. The average molecular weight is 273 g/mol. The van der Waals surface area contributed by atoms with Crippen LogP contribution in [0.4, 0.5) is 0 Å². The highest BCUT2D eigenvalue weighted by molar-refractivity contribution is 6.33. The van der Waals surface area contributed by atoms with E-state index < -0.39 is 0 Å². The molecular weight excluding hydrogens is 260 g/mol. The van der Waals surface area contributed by atoms with E-state index in [0.29, 0.717) is 11.4 Å². The van der Waals surface area contributed by atoms with E-state index in [1.54, 1.807) is 13.3 Å². The van der Waals surface area contributed by atoms with Crippen LogP contribution in [-0.2, 0) is 6.42 Å². The van der Waals surface area contributed by atoms with Crippen molar-refractivity contribution < 1.29 is 4.74 Å². The lowest BCUT2D eigenvalue weighted by Crippen LogP contribution is -1.98. The van der Waals surface area contributed by atoms with Gasteiger partial charge in [-0.25, -0.2) is 4.98 Å². The number of nitrogens with zero attached hydrogens (tertiary/aromatic N) is 2. The van der Waals surface area contributed by atoms with Gasteiger partial charge in [-0.1, -0.05) is 29.8 Å². The average Bonchev–Trinajstić information content (AvgIpc) is 2.84. The molecule has 0 aliphatic heterocycles. The number of imidazole rings is 1. The Kier molecular flexibility index (Phi) is 3.13. The number of ether oxygens (including phenoxy) is 1. The summed E-state index contributed by atoms with van der Waals surface area (Å²) in [6, 6.07) is 11.8. The lowest BCUT2D eigenvalue weighted by molar-refractivity contribution is 0.410. The Morgan fingerprint density at radius 3 is 2.89 bits per heavy atom. The Balaban J connectivity index is 2.04. The summed E-state index contributed by atoms with van der Waals surface area (Å²) in [5.41, 5.74) is 2.03. The minimum atomic E-state index is 0.707. The second-order valence-corrected chi connectivity index (χ2v) is 4.68. The molecule has 0 radical (unpaired) electrons. The van der Waals surface area contributed by atoms with Gasteiger partial charge in [-0.3, -0.25) is 0 Å². The Bertz CT molecular complexity index is 721. The number of pyridine rings is 1. The van der Waals surface area contributed by atoms with Crippen molar-refractivity contribution >= 4 is 17.1 Å². The summed E-state index contributed by atoms with van der Waals surface area (Å²) in [7, 11) is 1.68. The number of hydrogen-bond donors (Lipinski definition) is 0. The molecule has 3 aromatic rings. The second kappa shape index (κ2) is 4.94. The number of hydrogen-bond acceptors (Lipinski definition) is 2. The van der Waals surface area contributed by atoms with Gasteiger partial charge in [0.05, 0.1) is 23.8 Å². The second-order valence-electron chi connectivity index (χ2n) is 4.27. The van der Waals surface area contributed by atoms with E-state index in [1.165, 1.54) is 0 Å². The molecule has 2 heterocycles. The summed E-state index contributed by atoms with van der Waals surface area (Å²) >= 11 is 6.15. The van der Waals surface area contributed by atoms with E-state index >= 15 is 0 Å². The first-order chi connectivity index (χ1) is 9.29. The van der Waals surface area contributed by atoms with Crippen LogP contribution < -0.4 is 4.74 Å². The highest BCUT2D eigenvalue weighted by Gasteiger charge is 2.09. The molecule has 0 fully saturated rings. The van der Waals surface area contributed by atoms with Gasteiger partial charge in [0, 0.05) is 18.2 Å². The normalized spacial score (nSPS) is 10.8. The zero-order valence-electron chi connectivity index (χ0n) is 10.5. The number of aromatic nitrogens is 2. The van der Waals surface area contributed by atoms with Gasteiger partial charge >= 0.3 is 0 Å². The first kappa shape index (κ1) is 12.1. The smallest absolute Gasteiger partial charge is 0.122 e. The van der Waals surface area contributed by atoms with E-state index in [2.05, 4.69) is 4.98 Å². The van der Waals surface area contributed by atoms with Crippen molar-refractivity contribution in [1.29, 1.82) is 0 Å². The van der Waals surface area contributed by atoms with Crippen LogP contribution in [0.15, 0.2) is 48.8 Å². The third kappa shape index (κ3) is 2.17. The van der Waals surface area contributed by atoms with Crippen molar-refractivity contribution in [3.8, 4) is 5.75 Å². The summed E-state index contributed by atoms with van der Waals surface area (Å²) in [6.07, 6.45) is 4.48. The minimum Gasteiger partial charge on any atom is -0.496 e. The summed E-state index contributed by atoms with van der Waals surface area (Å²) < 4.78 is 7.38. The molecule has 2 aromatic heterocycles. The van der Waals surface area contributed by atoms with Crippen LogP contribution in [0.5, 0.6) is 5.75 Å². The molecule has 0 spiro atoms. The molecule has 0 amide bonds. The van der Waals surface area contributed by atoms with Crippen LogP contribution in [0.1, 0.15) is 11.4 Å². The van der Waals surface area contributed by atoms with Gasteiger partial charge in [0.1, 0.15) is 11.6 Å². The maximum Gasteiger partial charge on any atom is 0.122 e. The van der Waals surface area contributed by atoms with E-state index in [4.69, 9.17) is 16.3 Å². The van der Waals surface area contributed by atoms with Gasteiger partial charge < -0.3 is 9.14 Å². The van der Waals surface area contributed by atoms with Crippen molar-refractivity contribution in [2.24, 2.45) is 0 Å². The lowest BCUT2D eigenvalue weighted by atomic mass is 10.1. The number of halogens is 1. The first-order valence-electron chi connectivity index (χ1n) is 6.02. The third-order valence-corrected chi connectivity index (χ3v) is 3.46. The fourth-order valence-electron chi connectivity index (χ4n) is 2.19. The van der Waals surface area contributed by atoms with E-state index in [9.17, 15) is 0 Å². The first-order valence-corrected chi connectivity index (χ1v) is 6.40. The van der Waals surface area contributed by atoms with Gasteiger partial charge in [-0.15, -0.1) is 0 Å². The Morgan fingerprint density at radius 1 is 1.21 bits per heavy atom. The van der Waals surface area contributed by atoms with Crippen molar-refractivity contribution in [3.05, 3.63) is 65.2 Å². The van der Waals surface area contributed by atoms with Gasteiger partial charge in [0.15, 0.2) is 0 Å². The summed E-state index contributed by atoms with van der Waals surface area (Å²) in [5, 5.41) is 0.710. The van der Waals surface area contributed by atoms with Crippen molar-refractivity contribution in [3.63, 3.8) is 0 Å². The summed E-state index contributed by atoms with van der Waals surface area (Å²) in [5.74, 6) is 1.82. The molecule has 19 heavy (non-hydrogen) atoms. The van der Waals surface area contributed by atoms with E-state index in [1.807, 2.05) is 47.0 Å². The van der Waals surface area contributed by atoms with Crippen molar-refractivity contribution in [1.82, 2.24) is 9.38 Å². The molecule has 0 N–H and O–H groups in total. The maximum absolute atomic E-state index is 6.15. The molecule has 1 aromatic carbocycles. The summed E-state index contributed by atoms with van der Waals surface area (Å²) in [6.45, 7) is 0. The van der Waals surface area contributed by atoms with E-state index in [0.717, 1.165) is 22.7 Å². The largest absolute Gasteiger partial charge is 0.496 e. The summed E-state index contributed by atoms with van der Waals surface area (Å²) in [4.78, 5) is 4.45. The highest BCUT2D eigenvalue weighted by Crippen LogP contribution is 2.23. The zero-order valence-corrected chi connectivity index (χ0v) is 11.3. The van der Waals surface area contributed by atoms with Gasteiger partial charge in [-0.2, -0.15) is 0 Å². The number of benzene rings is 1. The van der Waals surface area contributed by atoms with Crippen LogP contribution in [0.25, 0.3) is 5.52 Å². The lowest BCUT2D eigenvalue weighted by Gasteiger charge is -2.07. The van der Waals surface area contributed by atoms with Crippen LogP contribution in [0, 0.1) is 0 Å². The fourth-order valence-corrected chi connectivity index (χ4v) is 2.40. The maximum atomic E-state index is 6.15. The Labute approximate surface area is 116 Å². The fraction of sp³-hybridized carbons (Fsp3) is 0.133. The zero-order chi connectivity index (χ0) is 13.2. The monoisotopic (exact) mass is 272 g/mol. The molecule has 0 unspecified atom stereocenters. The number of fused-ring (bicyclic) bond motifs is 1. The quantitative estimate of drug-likeness (QED) is 0.728. The molecule has 96 valence electrons. The highest BCUT2D eigenvalue weighted by atomic mass is 35.5. The Hall–Kier alpha value is -2.00. The molecule has 0 saturated carbocycles.